The lowest BCUT2D eigenvalue weighted by molar-refractivity contribution is -0.384. The van der Waals surface area contributed by atoms with Crippen molar-refractivity contribution >= 4 is 28.1 Å². The van der Waals surface area contributed by atoms with Gasteiger partial charge >= 0.3 is 0 Å². The van der Waals surface area contributed by atoms with Crippen molar-refractivity contribution in [3.8, 4) is 17.2 Å². The Hall–Kier alpha value is -5.60. The molecule has 70 heavy (non-hydrogen) atoms. The molecule has 0 bridgehead atoms. The number of non-ortho nitro benzene ring substituents is 1. The number of nitrogens with zero attached hydrogens (tertiary/aromatic N) is 3. The summed E-state index contributed by atoms with van der Waals surface area (Å²) in [5.74, 6) is -0.292. The molecule has 13 heteroatoms. The van der Waals surface area contributed by atoms with Crippen molar-refractivity contribution in [2.75, 3.05) is 26.4 Å². The molecule has 13 nitrogen and oxygen atoms in total. The molecule has 3 fully saturated rings. The number of carbonyl (C=O) groups is 1. The molecule has 4 aromatic carbocycles. The van der Waals surface area contributed by atoms with Crippen LogP contribution in [0.1, 0.15) is 120 Å². The van der Waals surface area contributed by atoms with E-state index in [1.807, 2.05) is 35.2 Å². The third kappa shape index (κ3) is 10.8. The van der Waals surface area contributed by atoms with E-state index in [0.717, 1.165) is 91.0 Å². The van der Waals surface area contributed by atoms with E-state index in [-0.39, 0.29) is 55.6 Å². The molecule has 5 aliphatic rings. The summed E-state index contributed by atoms with van der Waals surface area (Å²) in [5.41, 5.74) is 3.49. The van der Waals surface area contributed by atoms with E-state index in [0.29, 0.717) is 62.0 Å². The minimum Gasteiger partial charge on any atom is -0.459 e. The lowest BCUT2D eigenvalue weighted by Crippen LogP contribution is -2.70. The average Bonchev–Trinajstić information content (AvgIpc) is 3.92. The summed E-state index contributed by atoms with van der Waals surface area (Å²) in [4.78, 5) is 35.3. The third-order valence-corrected chi connectivity index (χ3v) is 15.5. The number of aliphatic hydroxyl groups excluding tert-OH is 2. The Kier molecular flexibility index (Phi) is 16.3. The van der Waals surface area contributed by atoms with E-state index in [1.165, 1.54) is 25.0 Å². The molecule has 2 heterocycles. The largest absolute Gasteiger partial charge is 0.459 e. The quantitative estimate of drug-likeness (QED) is 0.0335. The number of nitro groups is 1. The van der Waals surface area contributed by atoms with Crippen LogP contribution in [0, 0.1) is 33.8 Å². The van der Waals surface area contributed by atoms with Crippen LogP contribution in [0.2, 0.25) is 0 Å². The van der Waals surface area contributed by atoms with Gasteiger partial charge < -0.3 is 38.9 Å². The van der Waals surface area contributed by atoms with E-state index in [4.69, 9.17) is 28.9 Å². The van der Waals surface area contributed by atoms with Crippen LogP contribution >= 0.6 is 0 Å². The second-order valence-electron chi connectivity index (χ2n) is 19.9. The third-order valence-electron chi connectivity index (χ3n) is 15.5. The van der Waals surface area contributed by atoms with Gasteiger partial charge in [-0.1, -0.05) is 104 Å². The fourth-order valence-corrected chi connectivity index (χ4v) is 12.2. The molecule has 2 N–H and O–H groups in total. The van der Waals surface area contributed by atoms with Gasteiger partial charge in [0.2, 0.25) is 18.0 Å². The first-order chi connectivity index (χ1) is 34.3. The maximum atomic E-state index is 15.5. The van der Waals surface area contributed by atoms with Gasteiger partial charge in [0.25, 0.3) is 5.69 Å². The molecule has 0 spiro atoms. The first-order valence-corrected chi connectivity index (χ1v) is 25.8. The number of aliphatic hydroxyl groups is 2. The van der Waals surface area contributed by atoms with Crippen molar-refractivity contribution < 1.29 is 43.7 Å². The standard InChI is InChI=1S/C57H69N3O10/c1-2-32-67-57-52(59(53(63)29-26-39-15-3-4-16-39)38-42-20-13-19-40-17-5-6-23-46(40)42)37-50(58-70-54-25-9-12-33-66-54)48-34-41(18-7-10-30-61)47(24-8-11-31-62)55(56(48)57)49-36-45(27-28-51(49)69-57)68-44-22-14-21-43(35-44)60(64)65/h2,5-6,13-14,17,19-23,27-28,34-36,39,41,47,52,54-56,61-62H,1,3-4,7-12,15-16,18,24-26,29-33,37-38H2/t41-,47+,52-,54?,55+,56+,57+/m0/s1. The summed E-state index contributed by atoms with van der Waals surface area (Å²) >= 11 is 0. The van der Waals surface area contributed by atoms with Crippen molar-refractivity contribution in [1.82, 2.24) is 4.90 Å². The number of nitro benzene ring substituents is 1. The SMILES string of the molecule is C=CCO[C@@]12Oc3ccc(Oc4cccc([N+](=O)[O-])c4)cc3[C@H]3[C@H](CCCCO)[C@@H](CCCCO)C=C(C(=NOC4CCCCO4)C[C@@H]1N(Cc1cccc4ccccc14)C(=O)CCC1CCCC1)[C@H]32. The number of hydrogen-bond donors (Lipinski definition) is 2. The number of hydrogen-bond acceptors (Lipinski definition) is 11. The van der Waals surface area contributed by atoms with Gasteiger partial charge in [0, 0.05) is 56.6 Å². The molecule has 0 aromatic heterocycles. The number of rotatable bonds is 22. The van der Waals surface area contributed by atoms with Gasteiger partial charge in [-0.05, 0) is 109 Å². The van der Waals surface area contributed by atoms with E-state index in [9.17, 15) is 20.3 Å². The van der Waals surface area contributed by atoms with Crippen LogP contribution in [0.5, 0.6) is 17.2 Å². The Bertz CT molecular complexity index is 2510. The van der Waals surface area contributed by atoms with Gasteiger partial charge in [-0.3, -0.25) is 14.9 Å². The predicted molar refractivity (Wildman–Crippen MR) is 268 cm³/mol. The number of oxime groups is 1. The molecule has 1 saturated heterocycles. The fourth-order valence-electron chi connectivity index (χ4n) is 12.2. The molecule has 2 aliphatic heterocycles. The number of allylic oxidation sites excluding steroid dienone is 1. The van der Waals surface area contributed by atoms with Crippen LogP contribution < -0.4 is 9.47 Å². The highest BCUT2D eigenvalue weighted by Crippen LogP contribution is 2.62. The molecule has 4 aromatic rings. The molecule has 3 aliphatic carbocycles. The second-order valence-corrected chi connectivity index (χ2v) is 19.9. The Balaban J connectivity index is 1.24. The Morgan fingerprint density at radius 2 is 1.67 bits per heavy atom. The number of fused-ring (bicyclic) bond motifs is 3. The normalized spacial score (nSPS) is 25.6. The first-order valence-electron chi connectivity index (χ1n) is 25.8. The molecular formula is C57H69N3O10. The Labute approximate surface area is 411 Å². The van der Waals surface area contributed by atoms with Crippen LogP contribution in [0.4, 0.5) is 5.69 Å². The smallest absolute Gasteiger partial charge is 0.273 e. The Morgan fingerprint density at radius 3 is 2.46 bits per heavy atom. The van der Waals surface area contributed by atoms with Crippen molar-refractivity contribution in [2.45, 2.75) is 133 Å². The number of benzene rings is 4. The highest BCUT2D eigenvalue weighted by Gasteiger charge is 2.65. The topological polar surface area (TPSA) is 162 Å². The number of unbranched alkanes of at least 4 members (excludes halogenated alkanes) is 2. The summed E-state index contributed by atoms with van der Waals surface area (Å²) in [7, 11) is 0. The van der Waals surface area contributed by atoms with Crippen LogP contribution in [0.25, 0.3) is 10.8 Å². The molecule has 2 saturated carbocycles. The molecule has 1 amide bonds. The first kappa shape index (κ1) is 49.4. The van der Waals surface area contributed by atoms with Gasteiger partial charge in [0.1, 0.15) is 23.3 Å². The summed E-state index contributed by atoms with van der Waals surface area (Å²) in [6.07, 6.45) is 16.7. The van der Waals surface area contributed by atoms with Crippen molar-refractivity contribution in [3.05, 3.63) is 130 Å². The van der Waals surface area contributed by atoms with Crippen LogP contribution in [0.15, 0.2) is 114 Å². The van der Waals surface area contributed by atoms with Crippen LogP contribution in [0.3, 0.4) is 0 Å². The zero-order valence-corrected chi connectivity index (χ0v) is 40.3. The molecule has 1 unspecified atom stereocenters. The second kappa shape index (κ2) is 23.1. The molecule has 9 rings (SSSR count). The van der Waals surface area contributed by atoms with Crippen molar-refractivity contribution in [2.24, 2.45) is 28.8 Å². The van der Waals surface area contributed by atoms with Gasteiger partial charge in [0.15, 0.2) is 0 Å². The Morgan fingerprint density at radius 1 is 0.900 bits per heavy atom. The molecule has 372 valence electrons. The van der Waals surface area contributed by atoms with Gasteiger partial charge in [-0.15, -0.1) is 6.58 Å². The lowest BCUT2D eigenvalue weighted by atomic mass is 9.55. The summed E-state index contributed by atoms with van der Waals surface area (Å²) in [6, 6.07) is 25.8. The maximum absolute atomic E-state index is 15.5. The average molecular weight is 956 g/mol. The zero-order valence-electron chi connectivity index (χ0n) is 40.3. The van der Waals surface area contributed by atoms with Crippen molar-refractivity contribution in [1.29, 1.82) is 0 Å². The summed E-state index contributed by atoms with van der Waals surface area (Å²) in [6.45, 7) is 5.31. The maximum Gasteiger partial charge on any atom is 0.273 e. The van der Waals surface area contributed by atoms with Crippen molar-refractivity contribution in [3.63, 3.8) is 0 Å². The van der Waals surface area contributed by atoms with E-state index >= 15 is 4.79 Å². The van der Waals surface area contributed by atoms with Crippen LogP contribution in [-0.4, -0.2) is 76.2 Å². The van der Waals surface area contributed by atoms with Gasteiger partial charge in [0.05, 0.1) is 35.8 Å². The van der Waals surface area contributed by atoms with Gasteiger partial charge in [-0.2, -0.15) is 0 Å². The highest BCUT2D eigenvalue weighted by atomic mass is 16.8. The monoisotopic (exact) mass is 955 g/mol. The van der Waals surface area contributed by atoms with E-state index < -0.39 is 29.0 Å². The zero-order chi connectivity index (χ0) is 48.5. The van der Waals surface area contributed by atoms with E-state index in [2.05, 4.69) is 43.0 Å². The van der Waals surface area contributed by atoms with Crippen LogP contribution in [-0.2, 0) is 25.7 Å². The minimum atomic E-state index is -1.45. The molecule has 0 radical (unpaired) electrons. The van der Waals surface area contributed by atoms with Gasteiger partial charge in [-0.25, -0.2) is 0 Å². The summed E-state index contributed by atoms with van der Waals surface area (Å²) in [5, 5.41) is 39.2. The number of amides is 1. The highest BCUT2D eigenvalue weighted by molar-refractivity contribution is 6.03. The van der Waals surface area contributed by atoms with E-state index in [1.54, 1.807) is 18.2 Å². The lowest BCUT2D eigenvalue weighted by Gasteiger charge is -2.60. The molecular weight excluding hydrogens is 887 g/mol. The molecule has 7 atom stereocenters. The number of ether oxygens (including phenoxy) is 4. The predicted octanol–water partition coefficient (Wildman–Crippen LogP) is 11.7. The minimum absolute atomic E-state index is 0.00593. The summed E-state index contributed by atoms with van der Waals surface area (Å²) < 4.78 is 27.4. The fraction of sp³-hybridized carbons (Fsp3) is 0.509. The number of carbonyl (C=O) groups excluding carboxylic acids is 1.